The molecule has 14 heavy (non-hydrogen) atoms. The zero-order valence-electron chi connectivity index (χ0n) is 9.38. The van der Waals surface area contributed by atoms with Gasteiger partial charge in [-0.25, -0.2) is 0 Å². The highest BCUT2D eigenvalue weighted by Crippen LogP contribution is 2.27. The predicted molar refractivity (Wildman–Crippen MR) is 60.4 cm³/mol. The van der Waals surface area contributed by atoms with Crippen LogP contribution in [0.5, 0.6) is 0 Å². The lowest BCUT2D eigenvalue weighted by atomic mass is 10.0. The lowest BCUT2D eigenvalue weighted by molar-refractivity contribution is 0.315. The SMILES string of the molecule is Cc1cccc(CN(C)C2CC2)c1C. The van der Waals surface area contributed by atoms with Crippen LogP contribution in [0, 0.1) is 13.8 Å². The van der Waals surface area contributed by atoms with Crippen LogP contribution in [0.4, 0.5) is 0 Å². The normalized spacial score (nSPS) is 16.3. The first-order valence-corrected chi connectivity index (χ1v) is 5.44. The van der Waals surface area contributed by atoms with Gasteiger partial charge in [0.15, 0.2) is 0 Å². The zero-order valence-corrected chi connectivity index (χ0v) is 9.38. The quantitative estimate of drug-likeness (QED) is 0.706. The topological polar surface area (TPSA) is 3.24 Å². The molecule has 1 aliphatic rings. The second kappa shape index (κ2) is 3.74. The Hall–Kier alpha value is -0.820. The molecule has 0 radical (unpaired) electrons. The van der Waals surface area contributed by atoms with E-state index >= 15 is 0 Å². The van der Waals surface area contributed by atoms with Gasteiger partial charge in [0.05, 0.1) is 0 Å². The summed E-state index contributed by atoms with van der Waals surface area (Å²) in [7, 11) is 2.24. The maximum Gasteiger partial charge on any atom is 0.0236 e. The molecule has 0 heterocycles. The first-order valence-electron chi connectivity index (χ1n) is 5.44. The summed E-state index contributed by atoms with van der Waals surface area (Å²) in [6.45, 7) is 5.53. The van der Waals surface area contributed by atoms with E-state index in [1.54, 1.807) is 0 Å². The first kappa shape index (κ1) is 9.72. The minimum atomic E-state index is 0.856. The Kier molecular flexibility index (Phi) is 2.60. The van der Waals surface area contributed by atoms with E-state index in [-0.39, 0.29) is 0 Å². The van der Waals surface area contributed by atoms with E-state index in [9.17, 15) is 0 Å². The molecule has 0 amide bonds. The van der Waals surface area contributed by atoms with Crippen LogP contribution < -0.4 is 0 Å². The van der Waals surface area contributed by atoms with Gasteiger partial charge in [0, 0.05) is 12.6 Å². The Morgan fingerprint density at radius 3 is 2.64 bits per heavy atom. The minimum absolute atomic E-state index is 0.856. The second-order valence-electron chi connectivity index (χ2n) is 4.51. The fourth-order valence-electron chi connectivity index (χ4n) is 1.90. The highest BCUT2D eigenvalue weighted by molar-refractivity contribution is 5.33. The zero-order chi connectivity index (χ0) is 10.1. The Bertz CT molecular complexity index is 326. The van der Waals surface area contributed by atoms with Crippen LogP contribution in [-0.2, 0) is 6.54 Å². The van der Waals surface area contributed by atoms with Crippen LogP contribution in [0.1, 0.15) is 29.5 Å². The summed E-state index contributed by atoms with van der Waals surface area (Å²) in [5.74, 6) is 0. The lowest BCUT2D eigenvalue weighted by Gasteiger charge is -2.17. The summed E-state index contributed by atoms with van der Waals surface area (Å²) in [5.41, 5.74) is 4.35. The van der Waals surface area contributed by atoms with Gasteiger partial charge in [0.2, 0.25) is 0 Å². The van der Waals surface area contributed by atoms with Crippen LogP contribution in [0.2, 0.25) is 0 Å². The lowest BCUT2D eigenvalue weighted by Crippen LogP contribution is -2.20. The third-order valence-electron chi connectivity index (χ3n) is 3.31. The van der Waals surface area contributed by atoms with Gasteiger partial charge in [-0.2, -0.15) is 0 Å². The molecule has 0 unspecified atom stereocenters. The molecule has 76 valence electrons. The van der Waals surface area contributed by atoms with Gasteiger partial charge in [0.25, 0.3) is 0 Å². The van der Waals surface area contributed by atoms with Crippen molar-refractivity contribution in [2.24, 2.45) is 0 Å². The van der Waals surface area contributed by atoms with Gasteiger partial charge in [-0.1, -0.05) is 18.2 Å². The molecule has 1 aromatic carbocycles. The number of nitrogens with zero attached hydrogens (tertiary/aromatic N) is 1. The summed E-state index contributed by atoms with van der Waals surface area (Å²) in [5, 5.41) is 0. The average Bonchev–Trinajstić information content (AvgIpc) is 2.95. The molecular formula is C13H19N. The fraction of sp³-hybridized carbons (Fsp3) is 0.538. The van der Waals surface area contributed by atoms with Crippen LogP contribution in [0.15, 0.2) is 18.2 Å². The highest BCUT2D eigenvalue weighted by atomic mass is 15.1. The maximum absolute atomic E-state index is 2.47. The highest BCUT2D eigenvalue weighted by Gasteiger charge is 2.26. The van der Waals surface area contributed by atoms with Crippen molar-refractivity contribution >= 4 is 0 Å². The number of rotatable bonds is 3. The molecule has 0 saturated heterocycles. The van der Waals surface area contributed by atoms with Gasteiger partial charge in [-0.3, -0.25) is 4.90 Å². The van der Waals surface area contributed by atoms with Crippen LogP contribution in [0.3, 0.4) is 0 Å². The molecule has 1 aromatic rings. The molecule has 0 bridgehead atoms. The van der Waals surface area contributed by atoms with Gasteiger partial charge >= 0.3 is 0 Å². The number of hydrogen-bond acceptors (Lipinski definition) is 1. The molecule has 1 heteroatoms. The summed E-state index contributed by atoms with van der Waals surface area (Å²) in [6, 6.07) is 7.46. The third kappa shape index (κ3) is 1.98. The fourth-order valence-corrected chi connectivity index (χ4v) is 1.90. The largest absolute Gasteiger partial charge is 0.299 e. The van der Waals surface area contributed by atoms with Crippen molar-refractivity contribution in [2.75, 3.05) is 7.05 Å². The van der Waals surface area contributed by atoms with Crippen LogP contribution >= 0.6 is 0 Å². The van der Waals surface area contributed by atoms with Crippen molar-refractivity contribution < 1.29 is 0 Å². The number of benzene rings is 1. The molecule has 0 atom stereocenters. The second-order valence-corrected chi connectivity index (χ2v) is 4.51. The van der Waals surface area contributed by atoms with Crippen LogP contribution in [0.25, 0.3) is 0 Å². The molecule has 1 saturated carbocycles. The van der Waals surface area contributed by atoms with Crippen LogP contribution in [-0.4, -0.2) is 18.0 Å². The summed E-state index contributed by atoms with van der Waals surface area (Å²) >= 11 is 0. The van der Waals surface area contributed by atoms with Crippen molar-refractivity contribution in [1.82, 2.24) is 4.90 Å². The van der Waals surface area contributed by atoms with E-state index in [1.165, 1.54) is 29.5 Å². The third-order valence-corrected chi connectivity index (χ3v) is 3.31. The molecule has 2 rings (SSSR count). The summed E-state index contributed by atoms with van der Waals surface area (Å²) in [6.07, 6.45) is 2.78. The average molecular weight is 189 g/mol. The van der Waals surface area contributed by atoms with E-state index in [2.05, 4.69) is 44.0 Å². The van der Waals surface area contributed by atoms with Gasteiger partial charge in [-0.15, -0.1) is 0 Å². The van der Waals surface area contributed by atoms with E-state index in [0.29, 0.717) is 0 Å². The molecule has 0 spiro atoms. The van der Waals surface area contributed by atoms with Crippen molar-refractivity contribution in [1.29, 1.82) is 0 Å². The Morgan fingerprint density at radius 1 is 1.29 bits per heavy atom. The van der Waals surface area contributed by atoms with Crippen molar-refractivity contribution in [2.45, 2.75) is 39.3 Å². The minimum Gasteiger partial charge on any atom is -0.299 e. The van der Waals surface area contributed by atoms with Gasteiger partial charge in [-0.05, 0) is 50.4 Å². The molecule has 1 fully saturated rings. The van der Waals surface area contributed by atoms with Crippen molar-refractivity contribution in [3.8, 4) is 0 Å². The van der Waals surface area contributed by atoms with E-state index in [1.807, 2.05) is 0 Å². The van der Waals surface area contributed by atoms with Gasteiger partial charge in [0.1, 0.15) is 0 Å². The Morgan fingerprint density at radius 2 is 2.00 bits per heavy atom. The smallest absolute Gasteiger partial charge is 0.0236 e. The standard InChI is InChI=1S/C13H19N/c1-10-5-4-6-12(11(10)2)9-14(3)13-7-8-13/h4-6,13H,7-9H2,1-3H3. The Balaban J connectivity index is 2.11. The van der Waals surface area contributed by atoms with Crippen molar-refractivity contribution in [3.05, 3.63) is 34.9 Å². The van der Waals surface area contributed by atoms with E-state index in [0.717, 1.165) is 12.6 Å². The summed E-state index contributed by atoms with van der Waals surface area (Å²) < 4.78 is 0. The van der Waals surface area contributed by atoms with Gasteiger partial charge < -0.3 is 0 Å². The predicted octanol–water partition coefficient (Wildman–Crippen LogP) is 2.90. The van der Waals surface area contributed by atoms with E-state index in [4.69, 9.17) is 0 Å². The van der Waals surface area contributed by atoms with E-state index < -0.39 is 0 Å². The molecule has 0 aromatic heterocycles. The molecule has 0 aliphatic heterocycles. The van der Waals surface area contributed by atoms with Crippen molar-refractivity contribution in [3.63, 3.8) is 0 Å². The molecule has 0 N–H and O–H groups in total. The summed E-state index contributed by atoms with van der Waals surface area (Å²) in [4.78, 5) is 2.47. The first-order chi connectivity index (χ1) is 6.68. The number of hydrogen-bond donors (Lipinski definition) is 0. The molecule has 1 aliphatic carbocycles. The maximum atomic E-state index is 2.47. The monoisotopic (exact) mass is 189 g/mol. The number of aryl methyl sites for hydroxylation is 1. The molecular weight excluding hydrogens is 170 g/mol. The Labute approximate surface area is 86.7 Å². The molecule has 1 nitrogen and oxygen atoms in total.